The minimum Gasteiger partial charge on any atom is -0.394 e. The Morgan fingerprint density at radius 1 is 1.28 bits per heavy atom. The van der Waals surface area contributed by atoms with Gasteiger partial charge in [0, 0.05) is 5.54 Å². The van der Waals surface area contributed by atoms with E-state index in [4.69, 9.17) is 0 Å². The van der Waals surface area contributed by atoms with Crippen LogP contribution in [0.3, 0.4) is 0 Å². The number of halogens is 4. The summed E-state index contributed by atoms with van der Waals surface area (Å²) < 4.78 is 49.3. The Hall–Kier alpha value is -1.14. The topological polar surface area (TPSA) is 32.3 Å². The molecule has 1 rings (SSSR count). The third kappa shape index (κ3) is 5.01. The van der Waals surface area contributed by atoms with Crippen molar-refractivity contribution < 1.29 is 22.7 Å². The maximum absolute atomic E-state index is 13.0. The molecule has 102 valence electrons. The molecule has 0 spiro atoms. The van der Waals surface area contributed by atoms with Crippen molar-refractivity contribution in [3.63, 3.8) is 0 Å². The van der Waals surface area contributed by atoms with Crippen LogP contribution in [0.5, 0.6) is 0 Å². The summed E-state index contributed by atoms with van der Waals surface area (Å²) in [5.74, 6) is -0.455. The van der Waals surface area contributed by atoms with Crippen molar-refractivity contribution in [2.75, 3.05) is 13.2 Å². The molecule has 0 saturated carbocycles. The first-order valence-corrected chi connectivity index (χ1v) is 5.41. The number of rotatable bonds is 5. The molecular formula is C12H15F4NO. The Morgan fingerprint density at radius 3 is 2.44 bits per heavy atom. The zero-order valence-electron chi connectivity index (χ0n) is 9.89. The van der Waals surface area contributed by atoms with Crippen LogP contribution in [0, 0.1) is 5.82 Å². The lowest BCUT2D eigenvalue weighted by Crippen LogP contribution is -2.51. The van der Waals surface area contributed by atoms with Crippen LogP contribution in [0.4, 0.5) is 17.6 Å². The second-order valence-corrected chi connectivity index (χ2v) is 4.49. The molecule has 1 unspecified atom stereocenters. The molecule has 0 aliphatic carbocycles. The molecule has 2 nitrogen and oxygen atoms in total. The third-order valence-corrected chi connectivity index (χ3v) is 2.55. The minimum absolute atomic E-state index is 0.108. The van der Waals surface area contributed by atoms with Crippen LogP contribution < -0.4 is 5.32 Å². The van der Waals surface area contributed by atoms with E-state index in [1.54, 1.807) is 6.07 Å². The van der Waals surface area contributed by atoms with E-state index in [2.05, 4.69) is 5.32 Å². The molecule has 0 aliphatic heterocycles. The van der Waals surface area contributed by atoms with Crippen molar-refractivity contribution in [1.82, 2.24) is 5.32 Å². The maximum atomic E-state index is 13.0. The van der Waals surface area contributed by atoms with Gasteiger partial charge in [0.1, 0.15) is 5.82 Å². The van der Waals surface area contributed by atoms with E-state index in [-0.39, 0.29) is 6.42 Å². The molecule has 0 amide bonds. The highest BCUT2D eigenvalue weighted by Crippen LogP contribution is 2.18. The highest BCUT2D eigenvalue weighted by Gasteiger charge is 2.32. The van der Waals surface area contributed by atoms with Crippen molar-refractivity contribution in [2.45, 2.75) is 25.1 Å². The molecule has 2 N–H and O–H groups in total. The Labute approximate surface area is 103 Å². The molecule has 0 aliphatic rings. The molecule has 0 bridgehead atoms. The van der Waals surface area contributed by atoms with Gasteiger partial charge in [0.15, 0.2) is 0 Å². The summed E-state index contributed by atoms with van der Waals surface area (Å²) >= 11 is 0. The largest absolute Gasteiger partial charge is 0.401 e. The van der Waals surface area contributed by atoms with Gasteiger partial charge in [0.2, 0.25) is 0 Å². The Morgan fingerprint density at radius 2 is 1.94 bits per heavy atom. The van der Waals surface area contributed by atoms with Crippen molar-refractivity contribution in [2.24, 2.45) is 0 Å². The smallest absolute Gasteiger partial charge is 0.394 e. The van der Waals surface area contributed by atoms with E-state index >= 15 is 0 Å². The highest BCUT2D eigenvalue weighted by atomic mass is 19.4. The number of hydrogen-bond donors (Lipinski definition) is 2. The van der Waals surface area contributed by atoms with E-state index in [9.17, 15) is 22.7 Å². The maximum Gasteiger partial charge on any atom is 0.401 e. The molecular weight excluding hydrogens is 250 g/mol. The van der Waals surface area contributed by atoms with Gasteiger partial charge in [0.05, 0.1) is 13.2 Å². The average molecular weight is 265 g/mol. The Kier molecular flexibility index (Phi) is 4.70. The zero-order chi connectivity index (χ0) is 13.8. The Balaban J connectivity index is 2.70. The van der Waals surface area contributed by atoms with Crippen molar-refractivity contribution >= 4 is 0 Å². The van der Waals surface area contributed by atoms with Gasteiger partial charge >= 0.3 is 6.18 Å². The Bertz CT molecular complexity index is 394. The summed E-state index contributed by atoms with van der Waals surface area (Å²) in [6.45, 7) is -0.206. The van der Waals surface area contributed by atoms with E-state index in [0.717, 1.165) is 0 Å². The van der Waals surface area contributed by atoms with Gasteiger partial charge in [-0.3, -0.25) is 0 Å². The van der Waals surface area contributed by atoms with Crippen LogP contribution in [0.2, 0.25) is 0 Å². The minimum atomic E-state index is -4.35. The van der Waals surface area contributed by atoms with Gasteiger partial charge in [-0.2, -0.15) is 13.2 Å². The molecule has 0 heterocycles. The van der Waals surface area contributed by atoms with Crippen LogP contribution in [0.15, 0.2) is 24.3 Å². The molecule has 0 radical (unpaired) electrons. The predicted octanol–water partition coefficient (Wildman–Crippen LogP) is 2.27. The number of nitrogens with one attached hydrogen (secondary N) is 1. The van der Waals surface area contributed by atoms with Gasteiger partial charge in [-0.05, 0) is 31.0 Å². The second kappa shape index (κ2) is 5.67. The summed E-state index contributed by atoms with van der Waals surface area (Å²) in [7, 11) is 0. The van der Waals surface area contributed by atoms with Crippen molar-refractivity contribution in [3.8, 4) is 0 Å². The first-order valence-electron chi connectivity index (χ1n) is 5.41. The molecule has 6 heteroatoms. The standard InChI is InChI=1S/C12H15F4NO/c1-11(8-18,17-7-12(14,15)16)6-9-3-2-4-10(13)5-9/h2-5,17-18H,6-8H2,1H3. The lowest BCUT2D eigenvalue weighted by atomic mass is 9.93. The summed E-state index contributed by atoms with van der Waals surface area (Å²) in [5, 5.41) is 11.4. The zero-order valence-corrected chi connectivity index (χ0v) is 9.89. The predicted molar refractivity (Wildman–Crippen MR) is 59.7 cm³/mol. The lowest BCUT2D eigenvalue weighted by molar-refractivity contribution is -0.129. The quantitative estimate of drug-likeness (QED) is 0.800. The summed E-state index contributed by atoms with van der Waals surface area (Å²) in [5.41, 5.74) is -0.607. The molecule has 0 saturated heterocycles. The molecule has 18 heavy (non-hydrogen) atoms. The molecule has 0 aromatic heterocycles. The van der Waals surface area contributed by atoms with Crippen molar-refractivity contribution in [1.29, 1.82) is 0 Å². The number of hydrogen-bond acceptors (Lipinski definition) is 2. The highest BCUT2D eigenvalue weighted by molar-refractivity contribution is 5.19. The fourth-order valence-electron chi connectivity index (χ4n) is 1.59. The monoisotopic (exact) mass is 265 g/mol. The normalized spacial score (nSPS) is 15.4. The number of aliphatic hydroxyl groups is 1. The van der Waals surface area contributed by atoms with E-state index in [1.807, 2.05) is 0 Å². The van der Waals surface area contributed by atoms with Crippen LogP contribution in [0.1, 0.15) is 12.5 Å². The van der Waals surface area contributed by atoms with Crippen LogP contribution in [-0.4, -0.2) is 30.0 Å². The average Bonchev–Trinajstić information content (AvgIpc) is 2.26. The van der Waals surface area contributed by atoms with Crippen LogP contribution in [-0.2, 0) is 6.42 Å². The van der Waals surface area contributed by atoms with E-state index in [1.165, 1.54) is 25.1 Å². The SMILES string of the molecule is CC(CO)(Cc1cccc(F)c1)NCC(F)(F)F. The third-order valence-electron chi connectivity index (χ3n) is 2.55. The number of aliphatic hydroxyl groups excluding tert-OH is 1. The van der Waals surface area contributed by atoms with Gasteiger partial charge in [-0.15, -0.1) is 0 Å². The summed E-state index contributed by atoms with van der Waals surface area (Å²) in [6.07, 6.45) is -4.24. The number of alkyl halides is 3. The van der Waals surface area contributed by atoms with Gasteiger partial charge < -0.3 is 10.4 Å². The van der Waals surface area contributed by atoms with Gasteiger partial charge in [-0.25, -0.2) is 4.39 Å². The molecule has 1 aromatic carbocycles. The van der Waals surface area contributed by atoms with E-state index < -0.39 is 30.7 Å². The first kappa shape index (κ1) is 14.9. The molecule has 1 atom stereocenters. The van der Waals surface area contributed by atoms with E-state index in [0.29, 0.717) is 5.56 Å². The van der Waals surface area contributed by atoms with Crippen molar-refractivity contribution in [3.05, 3.63) is 35.6 Å². The first-order chi connectivity index (χ1) is 8.24. The summed E-state index contributed by atoms with van der Waals surface area (Å²) in [6, 6.07) is 5.57. The van der Waals surface area contributed by atoms with Crippen LogP contribution >= 0.6 is 0 Å². The second-order valence-electron chi connectivity index (χ2n) is 4.49. The lowest BCUT2D eigenvalue weighted by Gasteiger charge is -2.29. The number of benzene rings is 1. The van der Waals surface area contributed by atoms with Crippen LogP contribution in [0.25, 0.3) is 0 Å². The summed E-state index contributed by atoms with van der Waals surface area (Å²) in [4.78, 5) is 0. The van der Waals surface area contributed by atoms with Gasteiger partial charge in [0.25, 0.3) is 0 Å². The molecule has 1 aromatic rings. The fraction of sp³-hybridized carbons (Fsp3) is 0.500. The van der Waals surface area contributed by atoms with Gasteiger partial charge in [-0.1, -0.05) is 12.1 Å². The molecule has 0 fully saturated rings. The fourth-order valence-corrected chi connectivity index (χ4v) is 1.59.